The zero-order chi connectivity index (χ0) is 16.6. The van der Waals surface area contributed by atoms with Gasteiger partial charge in [-0.3, -0.25) is 10.1 Å². The molecule has 0 spiro atoms. The lowest BCUT2D eigenvalue weighted by Crippen LogP contribution is -2.33. The monoisotopic (exact) mass is 308 g/mol. The van der Waals surface area contributed by atoms with Crippen molar-refractivity contribution in [3.05, 3.63) is 48.6 Å². The summed E-state index contributed by atoms with van der Waals surface area (Å²) in [4.78, 5) is 11.4. The van der Waals surface area contributed by atoms with Gasteiger partial charge in [-0.1, -0.05) is 37.0 Å². The number of amides is 1. The number of ether oxygens (including phenoxy) is 1. The maximum absolute atomic E-state index is 11.4. The van der Waals surface area contributed by atoms with Crippen LogP contribution in [0.5, 0.6) is 0 Å². The summed E-state index contributed by atoms with van der Waals surface area (Å²) in [6.45, 7) is 6.87. The van der Waals surface area contributed by atoms with Crippen molar-refractivity contribution in [2.24, 2.45) is 0 Å². The van der Waals surface area contributed by atoms with Crippen LogP contribution >= 0.6 is 0 Å². The highest BCUT2D eigenvalue weighted by atomic mass is 16.5. The van der Waals surface area contributed by atoms with E-state index >= 15 is 0 Å². The lowest BCUT2D eigenvalue weighted by atomic mass is 10.2. The summed E-state index contributed by atoms with van der Waals surface area (Å²) in [6, 6.07) is -0.240. The van der Waals surface area contributed by atoms with Crippen LogP contribution in [0.25, 0.3) is 0 Å². The number of unbranched alkanes of at least 4 members (excludes halogenated alkanes) is 1. The summed E-state index contributed by atoms with van der Waals surface area (Å²) in [6.07, 6.45) is 12.5. The summed E-state index contributed by atoms with van der Waals surface area (Å²) in [5.74, 6) is -0.228. The molecular formula is C17H28N2O3. The number of hydrogen-bond acceptors (Lipinski definition) is 4. The first kappa shape index (κ1) is 20.3. The van der Waals surface area contributed by atoms with E-state index in [0.717, 1.165) is 25.0 Å². The van der Waals surface area contributed by atoms with Gasteiger partial charge < -0.3 is 15.2 Å². The first-order valence-corrected chi connectivity index (χ1v) is 7.44. The molecule has 0 aromatic rings. The SMILES string of the molecule is C=C(/C=C\C=C\C(=O)NC(C)CO)/C=C\CCCOCNC. The molecule has 1 unspecified atom stereocenters. The molecule has 5 nitrogen and oxygen atoms in total. The fourth-order valence-electron chi connectivity index (χ4n) is 1.43. The van der Waals surface area contributed by atoms with Crippen molar-refractivity contribution < 1.29 is 14.6 Å². The fraction of sp³-hybridized carbons (Fsp3) is 0.471. The molecule has 0 saturated heterocycles. The number of allylic oxidation sites excluding steroid dienone is 6. The van der Waals surface area contributed by atoms with Crippen molar-refractivity contribution in [2.45, 2.75) is 25.8 Å². The van der Waals surface area contributed by atoms with E-state index in [9.17, 15) is 4.79 Å². The second-order valence-corrected chi connectivity index (χ2v) is 4.84. The molecule has 0 bridgehead atoms. The maximum Gasteiger partial charge on any atom is 0.244 e. The number of carbonyl (C=O) groups excluding carboxylic acids is 1. The van der Waals surface area contributed by atoms with Crippen molar-refractivity contribution in [3.63, 3.8) is 0 Å². The molecule has 0 aliphatic heterocycles. The minimum atomic E-state index is -0.240. The van der Waals surface area contributed by atoms with Crippen LogP contribution in [0.4, 0.5) is 0 Å². The normalized spacial score (nSPS) is 13.2. The molecule has 0 saturated carbocycles. The van der Waals surface area contributed by atoms with E-state index in [1.54, 1.807) is 19.1 Å². The summed E-state index contributed by atoms with van der Waals surface area (Å²) in [5.41, 5.74) is 0.866. The predicted octanol–water partition coefficient (Wildman–Crippen LogP) is 1.68. The fourth-order valence-corrected chi connectivity index (χ4v) is 1.43. The molecule has 0 aromatic carbocycles. The minimum Gasteiger partial charge on any atom is -0.394 e. The van der Waals surface area contributed by atoms with Crippen LogP contribution in [-0.4, -0.2) is 44.0 Å². The largest absolute Gasteiger partial charge is 0.394 e. The summed E-state index contributed by atoms with van der Waals surface area (Å²) >= 11 is 0. The number of hydrogen-bond donors (Lipinski definition) is 3. The smallest absolute Gasteiger partial charge is 0.244 e. The number of nitrogens with one attached hydrogen (secondary N) is 2. The highest BCUT2D eigenvalue weighted by Crippen LogP contribution is 1.99. The van der Waals surface area contributed by atoms with Gasteiger partial charge in [-0.25, -0.2) is 0 Å². The minimum absolute atomic E-state index is 0.0724. The Bertz CT molecular complexity index is 401. The van der Waals surface area contributed by atoms with Crippen LogP contribution in [0.1, 0.15) is 19.8 Å². The van der Waals surface area contributed by atoms with Gasteiger partial charge in [0.15, 0.2) is 0 Å². The molecular weight excluding hydrogens is 280 g/mol. The molecule has 0 heterocycles. The Balaban J connectivity index is 3.84. The van der Waals surface area contributed by atoms with Gasteiger partial charge >= 0.3 is 0 Å². The third kappa shape index (κ3) is 13.3. The topological polar surface area (TPSA) is 70.6 Å². The Morgan fingerprint density at radius 1 is 1.32 bits per heavy atom. The molecule has 0 aliphatic rings. The molecule has 22 heavy (non-hydrogen) atoms. The van der Waals surface area contributed by atoms with Gasteiger partial charge in [0.1, 0.15) is 0 Å². The van der Waals surface area contributed by atoms with Crippen LogP contribution in [0.3, 0.4) is 0 Å². The van der Waals surface area contributed by atoms with E-state index in [1.165, 1.54) is 6.08 Å². The third-order valence-corrected chi connectivity index (χ3v) is 2.57. The van der Waals surface area contributed by atoms with Gasteiger partial charge in [-0.15, -0.1) is 0 Å². The lowest BCUT2D eigenvalue weighted by molar-refractivity contribution is -0.117. The molecule has 0 rings (SSSR count). The standard InChI is InChI=1S/C17H28N2O3/c1-15(9-5-4-8-12-22-14-18-3)10-6-7-11-17(21)19-16(2)13-20/h5-7,9-11,16,18,20H,1,4,8,12-14H2,2-3H3,(H,19,21)/b9-5-,10-6-,11-7+. The Labute approximate surface area is 133 Å². The third-order valence-electron chi connectivity index (χ3n) is 2.57. The van der Waals surface area contributed by atoms with Crippen molar-refractivity contribution in [3.8, 4) is 0 Å². The van der Waals surface area contributed by atoms with Crippen LogP contribution in [0.15, 0.2) is 48.6 Å². The Morgan fingerprint density at radius 2 is 2.05 bits per heavy atom. The van der Waals surface area contributed by atoms with Gasteiger partial charge in [0, 0.05) is 18.7 Å². The zero-order valence-electron chi connectivity index (χ0n) is 13.5. The van der Waals surface area contributed by atoms with E-state index in [4.69, 9.17) is 9.84 Å². The lowest BCUT2D eigenvalue weighted by Gasteiger charge is -2.07. The van der Waals surface area contributed by atoms with E-state index < -0.39 is 0 Å². The van der Waals surface area contributed by atoms with Crippen LogP contribution in [0, 0.1) is 0 Å². The molecule has 5 heteroatoms. The molecule has 1 amide bonds. The first-order chi connectivity index (χ1) is 10.6. The van der Waals surface area contributed by atoms with Crippen molar-refractivity contribution in [1.82, 2.24) is 10.6 Å². The van der Waals surface area contributed by atoms with Gasteiger partial charge in [0.05, 0.1) is 13.3 Å². The first-order valence-electron chi connectivity index (χ1n) is 7.44. The molecule has 0 fully saturated rings. The van der Waals surface area contributed by atoms with Crippen molar-refractivity contribution in [1.29, 1.82) is 0 Å². The quantitative estimate of drug-likeness (QED) is 0.222. The van der Waals surface area contributed by atoms with Crippen LogP contribution < -0.4 is 10.6 Å². The number of carbonyl (C=O) groups is 1. The molecule has 0 radical (unpaired) electrons. The molecule has 0 aliphatic carbocycles. The Kier molecular flexibility index (Phi) is 13.2. The average molecular weight is 308 g/mol. The molecule has 3 N–H and O–H groups in total. The maximum atomic E-state index is 11.4. The second kappa shape index (κ2) is 14.3. The summed E-state index contributed by atoms with van der Waals surface area (Å²) in [7, 11) is 1.85. The predicted molar refractivity (Wildman–Crippen MR) is 90.4 cm³/mol. The average Bonchev–Trinajstić information content (AvgIpc) is 2.50. The van der Waals surface area contributed by atoms with Crippen LogP contribution in [-0.2, 0) is 9.53 Å². The Morgan fingerprint density at radius 3 is 2.73 bits per heavy atom. The van der Waals surface area contributed by atoms with E-state index in [0.29, 0.717) is 6.73 Å². The Hall–Kier alpha value is -1.69. The van der Waals surface area contributed by atoms with Crippen molar-refractivity contribution in [2.75, 3.05) is 27.0 Å². The van der Waals surface area contributed by atoms with Crippen molar-refractivity contribution >= 4 is 5.91 Å². The van der Waals surface area contributed by atoms with Crippen LogP contribution in [0.2, 0.25) is 0 Å². The van der Waals surface area contributed by atoms with E-state index in [-0.39, 0.29) is 18.6 Å². The van der Waals surface area contributed by atoms with E-state index in [2.05, 4.69) is 23.3 Å². The number of aliphatic hydroxyl groups excluding tert-OH is 1. The molecule has 1 atom stereocenters. The zero-order valence-corrected chi connectivity index (χ0v) is 13.5. The highest BCUT2D eigenvalue weighted by molar-refractivity contribution is 5.87. The van der Waals surface area contributed by atoms with E-state index in [1.807, 2.05) is 19.2 Å². The van der Waals surface area contributed by atoms with Gasteiger partial charge in [-0.2, -0.15) is 0 Å². The molecule has 124 valence electrons. The number of aliphatic hydroxyl groups is 1. The summed E-state index contributed by atoms with van der Waals surface area (Å²) < 4.78 is 5.28. The summed E-state index contributed by atoms with van der Waals surface area (Å²) in [5, 5.41) is 14.3. The van der Waals surface area contributed by atoms with Gasteiger partial charge in [-0.05, 0) is 32.4 Å². The number of rotatable bonds is 12. The van der Waals surface area contributed by atoms with Gasteiger partial charge in [0.2, 0.25) is 5.91 Å². The van der Waals surface area contributed by atoms with Gasteiger partial charge in [0.25, 0.3) is 0 Å². The molecule has 0 aromatic heterocycles. The second-order valence-electron chi connectivity index (χ2n) is 4.84. The highest BCUT2D eigenvalue weighted by Gasteiger charge is 2.00.